The zero-order chi connectivity index (χ0) is 26.5. The predicted octanol–water partition coefficient (Wildman–Crippen LogP) is 1.07. The first kappa shape index (κ1) is 27.4. The number of nitrogens with zero attached hydrogens (tertiary/aromatic N) is 1. The van der Waals surface area contributed by atoms with Gasteiger partial charge in [0.2, 0.25) is 5.91 Å². The van der Waals surface area contributed by atoms with Gasteiger partial charge in [-0.2, -0.15) is 0 Å². The lowest BCUT2D eigenvalue weighted by Crippen LogP contribution is -2.44. The summed E-state index contributed by atoms with van der Waals surface area (Å²) in [6, 6.07) is 3.82. The van der Waals surface area contributed by atoms with Gasteiger partial charge in [-0.3, -0.25) is 20.2 Å². The largest absolute Gasteiger partial charge is 0.504 e. The van der Waals surface area contributed by atoms with Crippen molar-refractivity contribution in [2.24, 2.45) is 11.6 Å². The number of aromatic hydroxyl groups is 1. The molecule has 1 amide bonds. The highest BCUT2D eigenvalue weighted by atomic mass is 16.5. The van der Waals surface area contributed by atoms with Gasteiger partial charge in [0.15, 0.2) is 11.5 Å². The predicted molar refractivity (Wildman–Crippen MR) is 131 cm³/mol. The third-order valence-electron chi connectivity index (χ3n) is 6.27. The van der Waals surface area contributed by atoms with Gasteiger partial charge >= 0.3 is 11.9 Å². The third kappa shape index (κ3) is 6.54. The number of hydrazine groups is 1. The van der Waals surface area contributed by atoms with Crippen LogP contribution in [-0.2, 0) is 31.1 Å². The molecule has 0 bridgehead atoms. The van der Waals surface area contributed by atoms with Gasteiger partial charge in [-0.25, -0.2) is 5.01 Å². The number of hydrogen-bond acceptors (Lipinski definition) is 9. The number of nitrogens with two attached hydrogens (primary N) is 2. The molecule has 11 nitrogen and oxygen atoms in total. The van der Waals surface area contributed by atoms with E-state index < -0.39 is 35.9 Å². The SMILES string of the molecule is CC(C)N.NN1CCC23C=CC(OC(=O)CCCC(=O)NCC(=O)O)CC2Oc2c(O)ccc(c23)C1. The van der Waals surface area contributed by atoms with Crippen LogP contribution in [0.15, 0.2) is 24.3 Å². The number of phenols is 1. The van der Waals surface area contributed by atoms with Crippen LogP contribution in [0.25, 0.3) is 0 Å². The summed E-state index contributed by atoms with van der Waals surface area (Å²) in [5.41, 5.74) is 6.66. The van der Waals surface area contributed by atoms with Gasteiger partial charge in [0.05, 0.1) is 5.41 Å². The normalized spacial score (nSPS) is 23.9. The highest BCUT2D eigenvalue weighted by Gasteiger charge is 2.53. The number of carbonyl (C=O) groups excluding carboxylic acids is 2. The number of carbonyl (C=O) groups is 3. The van der Waals surface area contributed by atoms with E-state index in [2.05, 4.69) is 5.32 Å². The fraction of sp³-hybridized carbons (Fsp3) is 0.560. The Morgan fingerprint density at radius 2 is 2.03 bits per heavy atom. The Morgan fingerprint density at radius 3 is 2.72 bits per heavy atom. The minimum absolute atomic E-state index is 0.0463. The van der Waals surface area contributed by atoms with Crippen LogP contribution >= 0.6 is 0 Å². The second-order valence-electron chi connectivity index (χ2n) is 9.71. The van der Waals surface area contributed by atoms with E-state index in [0.717, 1.165) is 17.5 Å². The number of amides is 1. The van der Waals surface area contributed by atoms with Crippen molar-refractivity contribution >= 4 is 17.8 Å². The maximum absolute atomic E-state index is 12.3. The van der Waals surface area contributed by atoms with Crippen molar-refractivity contribution < 1.29 is 34.1 Å². The molecule has 11 heteroatoms. The molecule has 36 heavy (non-hydrogen) atoms. The first-order valence-corrected chi connectivity index (χ1v) is 12.2. The van der Waals surface area contributed by atoms with Crippen LogP contribution in [0, 0.1) is 0 Å². The number of ether oxygens (including phenoxy) is 2. The Morgan fingerprint density at radius 1 is 1.31 bits per heavy atom. The third-order valence-corrected chi connectivity index (χ3v) is 6.27. The van der Waals surface area contributed by atoms with E-state index in [1.165, 1.54) is 0 Å². The van der Waals surface area contributed by atoms with Gasteiger partial charge in [-0.1, -0.05) is 26.0 Å². The number of hydrogen-bond donors (Lipinski definition) is 5. The van der Waals surface area contributed by atoms with E-state index in [1.54, 1.807) is 11.1 Å². The lowest BCUT2D eigenvalue weighted by Gasteiger charge is -2.36. The maximum Gasteiger partial charge on any atom is 0.322 e. The number of aliphatic carboxylic acids is 1. The number of carboxylic acid groups (broad SMARTS) is 1. The highest BCUT2D eigenvalue weighted by molar-refractivity contribution is 5.81. The van der Waals surface area contributed by atoms with E-state index in [4.69, 9.17) is 26.2 Å². The minimum atomic E-state index is -1.12. The van der Waals surface area contributed by atoms with Gasteiger partial charge in [0, 0.05) is 37.9 Å². The van der Waals surface area contributed by atoms with E-state index >= 15 is 0 Å². The molecule has 1 spiro atoms. The molecule has 1 aromatic carbocycles. The Bertz CT molecular complexity index is 1010. The Balaban J connectivity index is 0.000000840. The van der Waals surface area contributed by atoms with Crippen LogP contribution in [0.1, 0.15) is 57.1 Å². The smallest absolute Gasteiger partial charge is 0.322 e. The van der Waals surface area contributed by atoms with E-state index in [0.29, 0.717) is 31.3 Å². The molecule has 3 aliphatic rings. The molecule has 198 valence electrons. The van der Waals surface area contributed by atoms with Crippen molar-refractivity contribution in [3.8, 4) is 11.5 Å². The monoisotopic (exact) mass is 504 g/mol. The Kier molecular flexibility index (Phi) is 8.93. The molecule has 7 N–H and O–H groups in total. The lowest BCUT2D eigenvalue weighted by molar-refractivity contribution is -0.148. The number of benzene rings is 1. The van der Waals surface area contributed by atoms with Crippen LogP contribution in [0.5, 0.6) is 11.5 Å². The van der Waals surface area contributed by atoms with Crippen LogP contribution in [-0.4, -0.2) is 64.4 Å². The molecule has 0 radical (unpaired) electrons. The molecule has 0 aromatic heterocycles. The molecule has 3 atom stereocenters. The van der Waals surface area contributed by atoms with Gasteiger partial charge in [-0.15, -0.1) is 0 Å². The molecule has 0 fully saturated rings. The lowest BCUT2D eigenvalue weighted by atomic mass is 9.69. The summed E-state index contributed by atoms with van der Waals surface area (Å²) in [5, 5.41) is 22.9. The number of rotatable bonds is 7. The Labute approximate surface area is 210 Å². The van der Waals surface area contributed by atoms with Crippen molar-refractivity contribution in [2.45, 2.75) is 76.2 Å². The summed E-state index contributed by atoms with van der Waals surface area (Å²) in [4.78, 5) is 34.2. The topological polar surface area (TPSA) is 177 Å². The number of esters is 1. The Hall–Kier alpha value is -3.15. The zero-order valence-electron chi connectivity index (χ0n) is 20.7. The number of nitrogens with one attached hydrogen (secondary N) is 1. The molecular formula is C25H36N4O7. The van der Waals surface area contributed by atoms with Crippen molar-refractivity contribution in [3.05, 3.63) is 35.4 Å². The van der Waals surface area contributed by atoms with E-state index in [-0.39, 0.29) is 31.1 Å². The molecule has 2 aliphatic heterocycles. The summed E-state index contributed by atoms with van der Waals surface area (Å²) >= 11 is 0. The summed E-state index contributed by atoms with van der Waals surface area (Å²) < 4.78 is 11.7. The van der Waals surface area contributed by atoms with Crippen LogP contribution in [0.3, 0.4) is 0 Å². The first-order valence-electron chi connectivity index (χ1n) is 12.2. The second-order valence-corrected chi connectivity index (χ2v) is 9.71. The van der Waals surface area contributed by atoms with Crippen LogP contribution < -0.4 is 21.6 Å². The van der Waals surface area contributed by atoms with Gasteiger partial charge in [-0.05, 0) is 36.6 Å². The molecule has 0 saturated carbocycles. The van der Waals surface area contributed by atoms with Gasteiger partial charge in [0.25, 0.3) is 0 Å². The van der Waals surface area contributed by atoms with E-state index in [9.17, 15) is 19.5 Å². The van der Waals surface area contributed by atoms with Crippen molar-refractivity contribution in [1.82, 2.24) is 10.3 Å². The summed E-state index contributed by atoms with van der Waals surface area (Å²) in [7, 11) is 0. The number of phenolic OH excluding ortho intramolecular Hbond substituents is 1. The highest BCUT2D eigenvalue weighted by Crippen LogP contribution is 2.55. The van der Waals surface area contributed by atoms with E-state index in [1.807, 2.05) is 32.1 Å². The molecular weight excluding hydrogens is 468 g/mol. The maximum atomic E-state index is 12.3. The average Bonchev–Trinajstić information content (AvgIpc) is 3.06. The molecule has 1 aromatic rings. The summed E-state index contributed by atoms with van der Waals surface area (Å²) in [6.07, 6.45) is 4.65. The molecule has 2 heterocycles. The van der Waals surface area contributed by atoms with Crippen molar-refractivity contribution in [3.63, 3.8) is 0 Å². The summed E-state index contributed by atoms with van der Waals surface area (Å²) in [6.45, 7) is 4.67. The van der Waals surface area contributed by atoms with Crippen LogP contribution in [0.4, 0.5) is 0 Å². The van der Waals surface area contributed by atoms with Gasteiger partial charge < -0.3 is 30.7 Å². The fourth-order valence-corrected chi connectivity index (χ4v) is 4.77. The molecule has 1 aliphatic carbocycles. The second kappa shape index (κ2) is 11.7. The molecule has 0 saturated heterocycles. The minimum Gasteiger partial charge on any atom is -0.504 e. The fourth-order valence-electron chi connectivity index (χ4n) is 4.77. The zero-order valence-corrected chi connectivity index (χ0v) is 20.7. The quantitative estimate of drug-likeness (QED) is 0.205. The first-order chi connectivity index (χ1) is 17.0. The van der Waals surface area contributed by atoms with Crippen molar-refractivity contribution in [1.29, 1.82) is 0 Å². The van der Waals surface area contributed by atoms with Crippen molar-refractivity contribution in [2.75, 3.05) is 13.1 Å². The standard InChI is InChI=1S/C22H27N3O7.C3H9N/c23-25-9-8-22-7-6-14(31-19(30)3-1-2-17(27)24-11-18(28)29)10-16(22)32-21-15(26)5-4-13(12-25)20(21)22;1-3(2)4/h4-7,14,16,26H,1-3,8-12,23H2,(H,24,27)(H,28,29);3H,4H2,1-2H3. The average molecular weight is 505 g/mol. The molecule has 4 rings (SSSR count). The number of carboxylic acids is 1. The molecule has 3 unspecified atom stereocenters. The summed E-state index contributed by atoms with van der Waals surface area (Å²) in [5.74, 6) is 4.71. The van der Waals surface area contributed by atoms with Gasteiger partial charge in [0.1, 0.15) is 18.8 Å². The van der Waals surface area contributed by atoms with Crippen LogP contribution in [0.2, 0.25) is 0 Å².